The second-order valence-electron chi connectivity index (χ2n) is 6.82. The largest absolute Gasteiger partial charge is 0.361 e. The SMILES string of the molecule is Cl.Cn1cc(CCN2CCC(c3c[nH]c4ccc(Cl)cc34)CC2)cn1. The number of rotatable bonds is 4. The van der Waals surface area contributed by atoms with Crippen LogP contribution in [0.1, 0.15) is 29.9 Å². The van der Waals surface area contributed by atoms with Crippen molar-refractivity contribution in [2.24, 2.45) is 7.05 Å². The Balaban J connectivity index is 0.00000182. The van der Waals surface area contributed by atoms with Gasteiger partial charge in [0.25, 0.3) is 0 Å². The maximum atomic E-state index is 6.18. The summed E-state index contributed by atoms with van der Waals surface area (Å²) in [6, 6.07) is 6.12. The fourth-order valence-electron chi connectivity index (χ4n) is 3.81. The van der Waals surface area contributed by atoms with Gasteiger partial charge < -0.3 is 9.88 Å². The quantitative estimate of drug-likeness (QED) is 0.730. The third-order valence-electron chi connectivity index (χ3n) is 5.18. The molecule has 4 rings (SSSR count). The van der Waals surface area contributed by atoms with E-state index in [0.717, 1.165) is 31.1 Å². The van der Waals surface area contributed by atoms with Crippen LogP contribution in [0.5, 0.6) is 0 Å². The number of hydrogen-bond acceptors (Lipinski definition) is 2. The highest BCUT2D eigenvalue weighted by atomic mass is 35.5. The highest BCUT2D eigenvalue weighted by Gasteiger charge is 2.22. The van der Waals surface area contributed by atoms with E-state index in [2.05, 4.69) is 39.5 Å². The van der Waals surface area contributed by atoms with E-state index in [1.165, 1.54) is 34.9 Å². The molecule has 0 radical (unpaired) electrons. The maximum absolute atomic E-state index is 6.18. The molecule has 0 aliphatic carbocycles. The molecule has 0 saturated carbocycles. The molecule has 0 amide bonds. The van der Waals surface area contributed by atoms with Gasteiger partial charge in [-0.1, -0.05) is 11.6 Å². The number of nitrogens with one attached hydrogen (secondary N) is 1. The van der Waals surface area contributed by atoms with Crippen LogP contribution in [0, 0.1) is 0 Å². The molecule has 1 aromatic carbocycles. The highest BCUT2D eigenvalue weighted by molar-refractivity contribution is 6.31. The minimum absolute atomic E-state index is 0. The topological polar surface area (TPSA) is 36.9 Å². The molecule has 1 N–H and O–H groups in total. The highest BCUT2D eigenvalue weighted by Crippen LogP contribution is 2.34. The van der Waals surface area contributed by atoms with Crippen LogP contribution in [-0.4, -0.2) is 39.3 Å². The van der Waals surface area contributed by atoms with Gasteiger partial charge in [0.1, 0.15) is 0 Å². The fraction of sp³-hybridized carbons (Fsp3) is 0.421. The standard InChI is InChI=1S/C19H23ClN4.ClH/c1-23-13-14(11-22-23)4-7-24-8-5-15(6-9-24)18-12-21-19-3-2-16(20)10-17(18)19;/h2-3,10-13,15,21H,4-9H2,1H3;1H. The number of piperidine rings is 1. The van der Waals surface area contributed by atoms with E-state index in [1.807, 2.05) is 24.0 Å². The van der Waals surface area contributed by atoms with E-state index in [1.54, 1.807) is 0 Å². The van der Waals surface area contributed by atoms with Gasteiger partial charge in [0.15, 0.2) is 0 Å². The Kier molecular flexibility index (Phi) is 5.72. The Hall–Kier alpha value is -1.49. The molecular weight excluding hydrogens is 355 g/mol. The Morgan fingerprint density at radius 1 is 1.28 bits per heavy atom. The number of hydrogen-bond donors (Lipinski definition) is 1. The van der Waals surface area contributed by atoms with E-state index in [-0.39, 0.29) is 12.4 Å². The van der Waals surface area contributed by atoms with Gasteiger partial charge in [-0.15, -0.1) is 12.4 Å². The summed E-state index contributed by atoms with van der Waals surface area (Å²) in [4.78, 5) is 5.97. The summed E-state index contributed by atoms with van der Waals surface area (Å²) in [6.45, 7) is 3.45. The summed E-state index contributed by atoms with van der Waals surface area (Å²) in [6.07, 6.45) is 9.78. The number of halogens is 2. The van der Waals surface area contributed by atoms with Crippen molar-refractivity contribution in [2.45, 2.75) is 25.2 Å². The Morgan fingerprint density at radius 3 is 2.80 bits per heavy atom. The van der Waals surface area contributed by atoms with Gasteiger partial charge in [-0.3, -0.25) is 4.68 Å². The number of nitrogens with zero attached hydrogens (tertiary/aromatic N) is 3. The van der Waals surface area contributed by atoms with Crippen molar-refractivity contribution < 1.29 is 0 Å². The van der Waals surface area contributed by atoms with Crippen LogP contribution in [0.15, 0.2) is 36.8 Å². The van der Waals surface area contributed by atoms with Gasteiger partial charge in [-0.2, -0.15) is 5.10 Å². The number of H-pyrrole nitrogens is 1. The first kappa shape index (κ1) is 18.3. The van der Waals surface area contributed by atoms with E-state index in [4.69, 9.17) is 11.6 Å². The van der Waals surface area contributed by atoms with Gasteiger partial charge in [0.05, 0.1) is 6.20 Å². The minimum Gasteiger partial charge on any atom is -0.361 e. The lowest BCUT2D eigenvalue weighted by Crippen LogP contribution is -2.34. The van der Waals surface area contributed by atoms with Gasteiger partial charge in [-0.25, -0.2) is 0 Å². The lowest BCUT2D eigenvalue weighted by atomic mass is 9.89. The third-order valence-corrected chi connectivity index (χ3v) is 5.41. The summed E-state index contributed by atoms with van der Waals surface area (Å²) in [5.74, 6) is 0.631. The molecule has 0 atom stereocenters. The van der Waals surface area contributed by atoms with Crippen molar-refractivity contribution in [3.05, 3.63) is 52.9 Å². The predicted octanol–water partition coefficient (Wildman–Crippen LogP) is 4.40. The summed E-state index contributed by atoms with van der Waals surface area (Å²) in [5, 5.41) is 6.35. The molecular formula is C19H24Cl2N4. The molecule has 1 aliphatic rings. The molecule has 0 bridgehead atoms. The number of aromatic nitrogens is 3. The second-order valence-corrected chi connectivity index (χ2v) is 7.26. The van der Waals surface area contributed by atoms with Crippen molar-refractivity contribution in [1.29, 1.82) is 0 Å². The Labute approximate surface area is 159 Å². The van der Waals surface area contributed by atoms with Crippen LogP contribution in [0.3, 0.4) is 0 Å². The molecule has 1 saturated heterocycles. The smallest absolute Gasteiger partial charge is 0.0522 e. The fourth-order valence-corrected chi connectivity index (χ4v) is 3.98. The lowest BCUT2D eigenvalue weighted by molar-refractivity contribution is 0.215. The molecule has 25 heavy (non-hydrogen) atoms. The molecule has 134 valence electrons. The number of aromatic amines is 1. The first-order valence-electron chi connectivity index (χ1n) is 8.65. The summed E-state index contributed by atoms with van der Waals surface area (Å²) < 4.78 is 1.88. The zero-order chi connectivity index (χ0) is 16.5. The number of fused-ring (bicyclic) bond motifs is 1. The number of benzene rings is 1. The molecule has 4 nitrogen and oxygen atoms in total. The van der Waals surface area contributed by atoms with Gasteiger partial charge in [0, 0.05) is 41.9 Å². The van der Waals surface area contributed by atoms with Gasteiger partial charge >= 0.3 is 0 Å². The summed E-state index contributed by atoms with van der Waals surface area (Å²) in [5.41, 5.74) is 3.94. The van der Waals surface area contributed by atoms with Crippen molar-refractivity contribution >= 4 is 34.9 Å². The van der Waals surface area contributed by atoms with E-state index in [0.29, 0.717) is 5.92 Å². The molecule has 3 heterocycles. The second kappa shape index (κ2) is 7.81. The first-order valence-corrected chi connectivity index (χ1v) is 9.03. The van der Waals surface area contributed by atoms with Crippen molar-refractivity contribution in [2.75, 3.05) is 19.6 Å². The summed E-state index contributed by atoms with van der Waals surface area (Å²) in [7, 11) is 1.97. The van der Waals surface area contributed by atoms with Crippen molar-refractivity contribution in [3.8, 4) is 0 Å². The first-order chi connectivity index (χ1) is 11.7. The van der Waals surface area contributed by atoms with Crippen LogP contribution >= 0.6 is 24.0 Å². The minimum atomic E-state index is 0. The molecule has 1 fully saturated rings. The van der Waals surface area contributed by atoms with Crippen molar-refractivity contribution in [3.63, 3.8) is 0 Å². The molecule has 3 aromatic rings. The van der Waals surface area contributed by atoms with Crippen LogP contribution in [0.25, 0.3) is 10.9 Å². The average Bonchev–Trinajstić information content (AvgIpc) is 3.19. The molecule has 6 heteroatoms. The third kappa shape index (κ3) is 4.02. The zero-order valence-corrected chi connectivity index (χ0v) is 16.0. The average molecular weight is 379 g/mol. The summed E-state index contributed by atoms with van der Waals surface area (Å²) >= 11 is 6.18. The van der Waals surface area contributed by atoms with Gasteiger partial charge in [0.2, 0.25) is 0 Å². The van der Waals surface area contributed by atoms with Gasteiger partial charge in [-0.05, 0) is 67.6 Å². The lowest BCUT2D eigenvalue weighted by Gasteiger charge is -2.31. The van der Waals surface area contributed by atoms with Crippen LogP contribution in [0.4, 0.5) is 0 Å². The molecule has 2 aromatic heterocycles. The van der Waals surface area contributed by atoms with E-state index >= 15 is 0 Å². The Morgan fingerprint density at radius 2 is 2.08 bits per heavy atom. The molecule has 1 aliphatic heterocycles. The zero-order valence-electron chi connectivity index (χ0n) is 14.4. The molecule has 0 spiro atoms. The van der Waals surface area contributed by atoms with Crippen molar-refractivity contribution in [1.82, 2.24) is 19.7 Å². The van der Waals surface area contributed by atoms with Crippen LogP contribution in [-0.2, 0) is 13.5 Å². The van der Waals surface area contributed by atoms with Crippen LogP contribution in [0.2, 0.25) is 5.02 Å². The number of likely N-dealkylation sites (tertiary alicyclic amines) is 1. The predicted molar refractivity (Wildman–Crippen MR) is 106 cm³/mol. The van der Waals surface area contributed by atoms with Crippen LogP contribution < -0.4 is 0 Å². The molecule has 0 unspecified atom stereocenters. The van der Waals surface area contributed by atoms with E-state index < -0.39 is 0 Å². The maximum Gasteiger partial charge on any atom is 0.0522 e. The van der Waals surface area contributed by atoms with E-state index in [9.17, 15) is 0 Å². The number of aryl methyl sites for hydroxylation is 1. The monoisotopic (exact) mass is 378 g/mol. The Bertz CT molecular complexity index is 831. The normalized spacial score (nSPS) is 16.2.